The minimum absolute atomic E-state index is 0.0683. The highest BCUT2D eigenvalue weighted by molar-refractivity contribution is 7.91. The van der Waals surface area contributed by atoms with Crippen LogP contribution in [0.1, 0.15) is 25.7 Å². The van der Waals surface area contributed by atoms with Crippen molar-refractivity contribution in [2.75, 3.05) is 13.3 Å². The molecule has 0 N–H and O–H groups in total. The maximum Gasteiger partial charge on any atom is 0.150 e. The van der Waals surface area contributed by atoms with Crippen molar-refractivity contribution in [1.29, 1.82) is 0 Å². The molecule has 0 radical (unpaired) electrons. The second kappa shape index (κ2) is 2.95. The highest BCUT2D eigenvalue weighted by atomic mass is 32.2. The number of hydrogen-bond acceptors (Lipinski definition) is 3. The van der Waals surface area contributed by atoms with Crippen LogP contribution in [0.25, 0.3) is 0 Å². The van der Waals surface area contributed by atoms with Crippen LogP contribution in [0.2, 0.25) is 0 Å². The maximum atomic E-state index is 11.4. The van der Waals surface area contributed by atoms with E-state index in [1.807, 2.05) is 0 Å². The van der Waals surface area contributed by atoms with Crippen molar-refractivity contribution >= 4 is 9.84 Å². The van der Waals surface area contributed by atoms with Crippen molar-refractivity contribution in [3.05, 3.63) is 0 Å². The molecule has 3 atom stereocenters. The molecule has 2 aliphatic rings. The summed E-state index contributed by atoms with van der Waals surface area (Å²) in [6, 6.07) is 1.05. The standard InChI is InChI=1S/C9H17NO2S/c1-10-7-3-4-8(10)6-9(5-7)13(2,11)12/h7-9H,3-6H2,1-2H3/t7-,8+,9+. The van der Waals surface area contributed by atoms with Gasteiger partial charge in [0.05, 0.1) is 5.25 Å². The van der Waals surface area contributed by atoms with Crippen LogP contribution in [0.5, 0.6) is 0 Å². The van der Waals surface area contributed by atoms with E-state index in [9.17, 15) is 8.42 Å². The third-order valence-electron chi connectivity index (χ3n) is 3.66. The summed E-state index contributed by atoms with van der Waals surface area (Å²) in [7, 11) is -0.676. The van der Waals surface area contributed by atoms with Gasteiger partial charge < -0.3 is 4.90 Å². The molecule has 0 aromatic carbocycles. The van der Waals surface area contributed by atoms with Crippen LogP contribution in [0.15, 0.2) is 0 Å². The molecule has 2 aliphatic heterocycles. The average molecular weight is 203 g/mol. The number of rotatable bonds is 1. The van der Waals surface area contributed by atoms with Crippen LogP contribution in [0.4, 0.5) is 0 Å². The summed E-state index contributed by atoms with van der Waals surface area (Å²) >= 11 is 0. The van der Waals surface area contributed by atoms with Crippen LogP contribution in [0, 0.1) is 0 Å². The Morgan fingerprint density at radius 3 is 2.00 bits per heavy atom. The minimum atomic E-state index is -2.80. The Kier molecular flexibility index (Phi) is 2.15. The van der Waals surface area contributed by atoms with Crippen molar-refractivity contribution in [3.63, 3.8) is 0 Å². The van der Waals surface area contributed by atoms with E-state index >= 15 is 0 Å². The Balaban J connectivity index is 2.16. The summed E-state index contributed by atoms with van der Waals surface area (Å²) in [5.74, 6) is 0. The highest BCUT2D eigenvalue weighted by Gasteiger charge is 2.41. The molecule has 13 heavy (non-hydrogen) atoms. The van der Waals surface area contributed by atoms with Crippen molar-refractivity contribution in [3.8, 4) is 0 Å². The van der Waals surface area contributed by atoms with E-state index in [-0.39, 0.29) is 5.25 Å². The molecule has 2 fully saturated rings. The molecule has 2 bridgehead atoms. The lowest BCUT2D eigenvalue weighted by Crippen LogP contribution is -2.44. The predicted octanol–water partition coefficient (Wildman–Crippen LogP) is 0.656. The molecule has 2 rings (SSSR count). The minimum Gasteiger partial charge on any atom is -0.300 e. The molecule has 0 saturated carbocycles. The van der Waals surface area contributed by atoms with Crippen LogP contribution in [0.3, 0.4) is 0 Å². The third-order valence-corrected chi connectivity index (χ3v) is 5.26. The Labute approximate surface area is 80.0 Å². The molecule has 0 aromatic heterocycles. The van der Waals surface area contributed by atoms with E-state index < -0.39 is 9.84 Å². The number of sulfone groups is 1. The molecule has 76 valence electrons. The number of piperidine rings is 1. The molecule has 0 aliphatic carbocycles. The number of fused-ring (bicyclic) bond motifs is 2. The lowest BCUT2D eigenvalue weighted by molar-refractivity contribution is 0.180. The van der Waals surface area contributed by atoms with E-state index in [2.05, 4.69) is 11.9 Å². The second-order valence-electron chi connectivity index (χ2n) is 4.47. The van der Waals surface area contributed by atoms with Crippen LogP contribution < -0.4 is 0 Å². The molecular formula is C9H17NO2S. The second-order valence-corrected chi connectivity index (χ2v) is 6.80. The SMILES string of the molecule is CN1[C@@H]2CC[C@H]1C[C@@H](S(C)(=O)=O)C2. The maximum absolute atomic E-state index is 11.4. The fourth-order valence-corrected chi connectivity index (χ4v) is 3.85. The fourth-order valence-electron chi connectivity index (χ4n) is 2.71. The van der Waals surface area contributed by atoms with Crippen LogP contribution >= 0.6 is 0 Å². The van der Waals surface area contributed by atoms with Gasteiger partial charge >= 0.3 is 0 Å². The zero-order chi connectivity index (χ0) is 9.64. The first-order chi connectivity index (χ1) is 5.98. The molecule has 0 unspecified atom stereocenters. The van der Waals surface area contributed by atoms with Gasteiger partial charge in [0, 0.05) is 18.3 Å². The monoisotopic (exact) mass is 203 g/mol. The Morgan fingerprint density at radius 2 is 1.62 bits per heavy atom. The zero-order valence-electron chi connectivity index (χ0n) is 8.23. The van der Waals surface area contributed by atoms with Gasteiger partial charge in [-0.3, -0.25) is 0 Å². The van der Waals surface area contributed by atoms with Gasteiger partial charge in [-0.05, 0) is 32.7 Å². The molecule has 0 spiro atoms. The highest BCUT2D eigenvalue weighted by Crippen LogP contribution is 2.36. The van der Waals surface area contributed by atoms with Crippen LogP contribution in [-0.2, 0) is 9.84 Å². The van der Waals surface area contributed by atoms with E-state index in [4.69, 9.17) is 0 Å². The topological polar surface area (TPSA) is 37.4 Å². The number of nitrogens with zero attached hydrogens (tertiary/aromatic N) is 1. The molecule has 2 saturated heterocycles. The largest absolute Gasteiger partial charge is 0.300 e. The van der Waals surface area contributed by atoms with Crippen molar-refractivity contribution in [2.24, 2.45) is 0 Å². The first-order valence-electron chi connectivity index (χ1n) is 4.89. The van der Waals surface area contributed by atoms with Gasteiger partial charge in [-0.25, -0.2) is 8.42 Å². The molecule has 3 nitrogen and oxygen atoms in total. The predicted molar refractivity (Wildman–Crippen MR) is 52.4 cm³/mol. The van der Waals surface area contributed by atoms with E-state index in [0.29, 0.717) is 12.1 Å². The molecule has 0 aromatic rings. The Morgan fingerprint density at radius 1 is 1.15 bits per heavy atom. The van der Waals surface area contributed by atoms with Gasteiger partial charge in [-0.15, -0.1) is 0 Å². The lowest BCUT2D eigenvalue weighted by Gasteiger charge is -2.35. The summed E-state index contributed by atoms with van der Waals surface area (Å²) < 4.78 is 22.8. The Bertz CT molecular complexity index is 285. The van der Waals surface area contributed by atoms with E-state index in [1.165, 1.54) is 19.1 Å². The van der Waals surface area contributed by atoms with Crippen LogP contribution in [-0.4, -0.2) is 44.0 Å². The average Bonchev–Trinajstić information content (AvgIpc) is 2.29. The molecule has 2 heterocycles. The Hall–Kier alpha value is -0.0900. The van der Waals surface area contributed by atoms with Crippen molar-refractivity contribution in [1.82, 2.24) is 4.90 Å². The van der Waals surface area contributed by atoms with E-state index in [0.717, 1.165) is 12.8 Å². The molecular weight excluding hydrogens is 186 g/mol. The van der Waals surface area contributed by atoms with E-state index in [1.54, 1.807) is 0 Å². The summed E-state index contributed by atoms with van der Waals surface area (Å²) in [4.78, 5) is 2.36. The van der Waals surface area contributed by atoms with Crippen molar-refractivity contribution < 1.29 is 8.42 Å². The summed E-state index contributed by atoms with van der Waals surface area (Å²) in [5, 5.41) is -0.0683. The third kappa shape index (κ3) is 1.62. The van der Waals surface area contributed by atoms with Gasteiger partial charge in [-0.2, -0.15) is 0 Å². The van der Waals surface area contributed by atoms with Gasteiger partial charge in [0.25, 0.3) is 0 Å². The van der Waals surface area contributed by atoms with Gasteiger partial charge in [0.2, 0.25) is 0 Å². The normalized spacial score (nSPS) is 40.9. The summed E-state index contributed by atoms with van der Waals surface area (Å²) in [5.41, 5.74) is 0. The quantitative estimate of drug-likeness (QED) is 0.628. The van der Waals surface area contributed by atoms with Gasteiger partial charge in [-0.1, -0.05) is 0 Å². The lowest BCUT2D eigenvalue weighted by atomic mass is 10.0. The fraction of sp³-hybridized carbons (Fsp3) is 1.00. The molecule has 0 amide bonds. The molecule has 4 heteroatoms. The first kappa shape index (κ1) is 9.46. The zero-order valence-corrected chi connectivity index (χ0v) is 9.05. The summed E-state index contributed by atoms with van der Waals surface area (Å²) in [6.45, 7) is 0. The number of hydrogen-bond donors (Lipinski definition) is 0. The summed E-state index contributed by atoms with van der Waals surface area (Å²) in [6.07, 6.45) is 5.46. The van der Waals surface area contributed by atoms with Gasteiger partial charge in [0.1, 0.15) is 9.84 Å². The first-order valence-corrected chi connectivity index (χ1v) is 6.84. The van der Waals surface area contributed by atoms with Crippen molar-refractivity contribution in [2.45, 2.75) is 43.0 Å². The van der Waals surface area contributed by atoms with Gasteiger partial charge in [0.15, 0.2) is 0 Å². The smallest absolute Gasteiger partial charge is 0.150 e.